The number of amides is 2. The van der Waals surface area contributed by atoms with Gasteiger partial charge >= 0.3 is 6.03 Å². The predicted molar refractivity (Wildman–Crippen MR) is 107 cm³/mol. The number of pyridine rings is 1. The number of ether oxygens (including phenoxy) is 1. The van der Waals surface area contributed by atoms with Crippen LogP contribution in [0.5, 0.6) is 0 Å². The van der Waals surface area contributed by atoms with Gasteiger partial charge in [-0.1, -0.05) is 6.07 Å². The van der Waals surface area contributed by atoms with Gasteiger partial charge in [0.15, 0.2) is 11.2 Å². The molecule has 7 nitrogen and oxygen atoms in total. The number of oxazole rings is 1. The van der Waals surface area contributed by atoms with E-state index >= 15 is 0 Å². The lowest BCUT2D eigenvalue weighted by Crippen LogP contribution is -2.32. The van der Waals surface area contributed by atoms with Gasteiger partial charge in [0.25, 0.3) is 0 Å². The van der Waals surface area contributed by atoms with E-state index in [2.05, 4.69) is 15.3 Å². The maximum atomic E-state index is 12.5. The van der Waals surface area contributed by atoms with Crippen LogP contribution in [0.1, 0.15) is 25.7 Å². The summed E-state index contributed by atoms with van der Waals surface area (Å²) in [5, 5.41) is 2.93. The molecule has 3 aromatic rings. The molecule has 0 spiro atoms. The predicted octanol–water partition coefficient (Wildman–Crippen LogP) is 4.31. The fourth-order valence-electron chi connectivity index (χ4n) is 3.37. The highest BCUT2D eigenvalue weighted by atomic mass is 16.5. The van der Waals surface area contributed by atoms with Crippen LogP contribution in [0.15, 0.2) is 47.0 Å². The molecule has 0 bridgehead atoms. The van der Waals surface area contributed by atoms with Gasteiger partial charge in [-0.2, -0.15) is 4.98 Å². The second-order valence-corrected chi connectivity index (χ2v) is 7.05. The van der Waals surface area contributed by atoms with E-state index in [1.54, 1.807) is 18.1 Å². The second-order valence-electron chi connectivity index (χ2n) is 7.05. The van der Waals surface area contributed by atoms with E-state index in [0.717, 1.165) is 37.9 Å². The minimum Gasteiger partial charge on any atom is -0.434 e. The third-order valence-electron chi connectivity index (χ3n) is 4.92. The minimum absolute atomic E-state index is 0.135. The summed E-state index contributed by atoms with van der Waals surface area (Å²) < 4.78 is 11.4. The molecule has 28 heavy (non-hydrogen) atoms. The SMILES string of the molecule is CN(CCCC1CCCO1)C(=O)Nc1cccc(-c2nc3ncccc3o2)c1. The van der Waals surface area contributed by atoms with Gasteiger partial charge in [0.1, 0.15) is 0 Å². The molecule has 1 fully saturated rings. The average molecular weight is 380 g/mol. The molecule has 0 radical (unpaired) electrons. The van der Waals surface area contributed by atoms with Gasteiger partial charge in [0, 0.05) is 37.6 Å². The maximum absolute atomic E-state index is 12.5. The van der Waals surface area contributed by atoms with Crippen LogP contribution >= 0.6 is 0 Å². The fourth-order valence-corrected chi connectivity index (χ4v) is 3.37. The molecule has 1 aromatic carbocycles. The number of hydrogen-bond acceptors (Lipinski definition) is 5. The van der Waals surface area contributed by atoms with Crippen LogP contribution in [0.25, 0.3) is 22.7 Å². The molecule has 0 aliphatic carbocycles. The number of aromatic nitrogens is 2. The van der Waals surface area contributed by atoms with Crippen molar-refractivity contribution in [3.8, 4) is 11.5 Å². The van der Waals surface area contributed by atoms with Crippen molar-refractivity contribution in [1.29, 1.82) is 0 Å². The molecular weight excluding hydrogens is 356 g/mol. The largest absolute Gasteiger partial charge is 0.434 e. The Hall–Kier alpha value is -2.93. The number of rotatable bonds is 6. The first-order valence-electron chi connectivity index (χ1n) is 9.65. The Kier molecular flexibility index (Phi) is 5.53. The summed E-state index contributed by atoms with van der Waals surface area (Å²) in [6.07, 6.45) is 6.25. The van der Waals surface area contributed by atoms with Crippen LogP contribution in [-0.4, -0.2) is 47.2 Å². The van der Waals surface area contributed by atoms with Crippen molar-refractivity contribution >= 4 is 22.9 Å². The van der Waals surface area contributed by atoms with Gasteiger partial charge in [-0.25, -0.2) is 9.78 Å². The van der Waals surface area contributed by atoms with Gasteiger partial charge in [-0.15, -0.1) is 0 Å². The minimum atomic E-state index is -0.135. The van der Waals surface area contributed by atoms with Gasteiger partial charge in [-0.05, 0) is 56.0 Å². The number of benzene rings is 1. The van der Waals surface area contributed by atoms with E-state index in [0.29, 0.717) is 35.5 Å². The van der Waals surface area contributed by atoms with Crippen LogP contribution in [-0.2, 0) is 4.74 Å². The Morgan fingerprint density at radius 1 is 1.32 bits per heavy atom. The topological polar surface area (TPSA) is 80.5 Å². The number of nitrogens with zero attached hydrogens (tertiary/aromatic N) is 3. The number of hydrogen-bond donors (Lipinski definition) is 1. The van der Waals surface area contributed by atoms with Crippen molar-refractivity contribution in [1.82, 2.24) is 14.9 Å². The van der Waals surface area contributed by atoms with Gasteiger partial charge in [0.05, 0.1) is 6.10 Å². The highest BCUT2D eigenvalue weighted by Crippen LogP contribution is 2.25. The Labute approximate surface area is 163 Å². The smallest absolute Gasteiger partial charge is 0.321 e. The molecule has 1 N–H and O–H groups in total. The van der Waals surface area contributed by atoms with Crippen LogP contribution in [0, 0.1) is 0 Å². The summed E-state index contributed by atoms with van der Waals surface area (Å²) in [6, 6.07) is 11.0. The normalized spacial score (nSPS) is 16.4. The van der Waals surface area contributed by atoms with Crippen molar-refractivity contribution in [3.63, 3.8) is 0 Å². The van der Waals surface area contributed by atoms with Crippen molar-refractivity contribution in [3.05, 3.63) is 42.6 Å². The van der Waals surface area contributed by atoms with E-state index < -0.39 is 0 Å². The zero-order chi connectivity index (χ0) is 19.3. The molecule has 3 heterocycles. The van der Waals surface area contributed by atoms with Gasteiger partial charge in [-0.3, -0.25) is 0 Å². The lowest BCUT2D eigenvalue weighted by molar-refractivity contribution is 0.101. The van der Waals surface area contributed by atoms with E-state index in [1.807, 2.05) is 36.4 Å². The molecule has 1 unspecified atom stereocenters. The zero-order valence-electron chi connectivity index (χ0n) is 15.9. The number of nitrogens with one attached hydrogen (secondary N) is 1. The molecule has 2 aromatic heterocycles. The summed E-state index contributed by atoms with van der Waals surface area (Å²) in [6.45, 7) is 1.57. The van der Waals surface area contributed by atoms with E-state index in [4.69, 9.17) is 9.15 Å². The summed E-state index contributed by atoms with van der Waals surface area (Å²) in [5.41, 5.74) is 2.69. The number of urea groups is 1. The third kappa shape index (κ3) is 4.31. The molecular formula is C21H24N4O3. The number of carbonyl (C=O) groups is 1. The molecule has 2 amide bonds. The maximum Gasteiger partial charge on any atom is 0.321 e. The Bertz CT molecular complexity index is 916. The number of fused-ring (bicyclic) bond motifs is 1. The first-order chi connectivity index (χ1) is 13.7. The van der Waals surface area contributed by atoms with Crippen molar-refractivity contribution in [2.24, 2.45) is 0 Å². The number of carbonyl (C=O) groups excluding carboxylic acids is 1. The van der Waals surface area contributed by atoms with Crippen LogP contribution in [0.4, 0.5) is 10.5 Å². The van der Waals surface area contributed by atoms with Crippen molar-refractivity contribution < 1.29 is 13.9 Å². The van der Waals surface area contributed by atoms with Crippen LogP contribution < -0.4 is 5.32 Å². The molecule has 7 heteroatoms. The monoisotopic (exact) mass is 380 g/mol. The molecule has 146 valence electrons. The summed E-state index contributed by atoms with van der Waals surface area (Å²) in [5.74, 6) is 0.481. The van der Waals surface area contributed by atoms with Crippen LogP contribution in [0.2, 0.25) is 0 Å². The fraction of sp³-hybridized carbons (Fsp3) is 0.381. The quantitative estimate of drug-likeness (QED) is 0.689. The summed E-state index contributed by atoms with van der Waals surface area (Å²) >= 11 is 0. The van der Waals surface area contributed by atoms with Gasteiger partial charge < -0.3 is 19.4 Å². The molecule has 1 atom stereocenters. The Morgan fingerprint density at radius 3 is 3.07 bits per heavy atom. The van der Waals surface area contributed by atoms with Crippen LogP contribution in [0.3, 0.4) is 0 Å². The number of anilines is 1. The van der Waals surface area contributed by atoms with Crippen molar-refractivity contribution in [2.45, 2.75) is 31.8 Å². The first-order valence-corrected chi connectivity index (χ1v) is 9.65. The average Bonchev–Trinajstić information content (AvgIpc) is 3.37. The highest BCUT2D eigenvalue weighted by Gasteiger charge is 2.16. The lowest BCUT2D eigenvalue weighted by Gasteiger charge is -2.19. The molecule has 1 saturated heterocycles. The Morgan fingerprint density at radius 2 is 2.25 bits per heavy atom. The second kappa shape index (κ2) is 8.39. The first kappa shape index (κ1) is 18.4. The molecule has 1 aliphatic rings. The zero-order valence-corrected chi connectivity index (χ0v) is 15.9. The van der Waals surface area contributed by atoms with E-state index in [-0.39, 0.29) is 6.03 Å². The molecule has 4 rings (SSSR count). The Balaban J connectivity index is 1.36. The van der Waals surface area contributed by atoms with Crippen molar-refractivity contribution in [2.75, 3.05) is 25.5 Å². The standard InChI is InChI=1S/C21H24N4O3/c1-25(12-4-8-17-9-5-13-27-17)21(26)23-16-7-2-6-15(14-16)20-24-19-18(28-20)10-3-11-22-19/h2-3,6-7,10-11,14,17H,4-5,8-9,12-13H2,1H3,(H,23,26). The third-order valence-corrected chi connectivity index (χ3v) is 4.92. The van der Waals surface area contributed by atoms with Gasteiger partial charge in [0.2, 0.25) is 5.89 Å². The molecule has 0 saturated carbocycles. The molecule has 1 aliphatic heterocycles. The summed E-state index contributed by atoms with van der Waals surface area (Å²) in [4.78, 5) is 22.8. The van der Waals surface area contributed by atoms with E-state index in [9.17, 15) is 4.79 Å². The lowest BCUT2D eigenvalue weighted by atomic mass is 10.1. The summed E-state index contributed by atoms with van der Waals surface area (Å²) in [7, 11) is 1.81. The van der Waals surface area contributed by atoms with E-state index in [1.165, 1.54) is 0 Å². The highest BCUT2D eigenvalue weighted by molar-refractivity contribution is 5.90.